The van der Waals surface area contributed by atoms with Crippen LogP contribution in [0.5, 0.6) is 0 Å². The van der Waals surface area contributed by atoms with Crippen molar-refractivity contribution in [1.82, 2.24) is 0 Å². The van der Waals surface area contributed by atoms with Gasteiger partial charge < -0.3 is 14.2 Å². The Morgan fingerprint density at radius 2 is 1.53 bits per heavy atom. The minimum atomic E-state index is -0.271. The van der Waals surface area contributed by atoms with Crippen LogP contribution in [0.2, 0.25) is 0 Å². The summed E-state index contributed by atoms with van der Waals surface area (Å²) >= 11 is 0. The summed E-state index contributed by atoms with van der Waals surface area (Å²) in [6.45, 7) is 6.24. The topological polar surface area (TPSA) is 44.8 Å². The maximum atomic E-state index is 10.3. The van der Waals surface area contributed by atoms with Gasteiger partial charge in [-0.2, -0.15) is 0 Å². The molecule has 92 valence electrons. The molecule has 0 aliphatic heterocycles. The Morgan fingerprint density at radius 3 is 2.07 bits per heavy atom. The van der Waals surface area contributed by atoms with Crippen molar-refractivity contribution in [3.63, 3.8) is 0 Å². The van der Waals surface area contributed by atoms with E-state index in [4.69, 9.17) is 9.47 Å². The third-order valence-electron chi connectivity index (χ3n) is 1.55. The standard InChI is InChI=1S/C10H20O4.Pt/c1-3-4-5-12-6-7-13-8-9-14-10(2)11;/h3-9H2,1-2H3;/q;+2. The van der Waals surface area contributed by atoms with E-state index in [1.54, 1.807) is 0 Å². The van der Waals surface area contributed by atoms with Crippen LogP contribution >= 0.6 is 0 Å². The molecule has 0 aliphatic rings. The summed E-state index contributed by atoms with van der Waals surface area (Å²) in [6.07, 6.45) is 2.24. The molecule has 0 amide bonds. The van der Waals surface area contributed by atoms with E-state index in [2.05, 4.69) is 11.7 Å². The molecule has 0 N–H and O–H groups in total. The molecule has 0 radical (unpaired) electrons. The second kappa shape index (κ2) is 14.1. The quantitative estimate of drug-likeness (QED) is 0.434. The Morgan fingerprint density at radius 1 is 1.00 bits per heavy atom. The van der Waals surface area contributed by atoms with Crippen LogP contribution in [0.15, 0.2) is 0 Å². The molecule has 0 heterocycles. The predicted molar refractivity (Wildman–Crippen MR) is 53.2 cm³/mol. The van der Waals surface area contributed by atoms with E-state index in [1.165, 1.54) is 6.92 Å². The molecule has 15 heavy (non-hydrogen) atoms. The second-order valence-electron chi connectivity index (χ2n) is 2.92. The zero-order chi connectivity index (χ0) is 10.6. The van der Waals surface area contributed by atoms with Gasteiger partial charge in [0, 0.05) is 13.5 Å². The van der Waals surface area contributed by atoms with Crippen LogP contribution in [0.1, 0.15) is 26.7 Å². The molecule has 0 saturated carbocycles. The summed E-state index contributed by atoms with van der Waals surface area (Å²) in [6, 6.07) is 0. The molecule has 4 nitrogen and oxygen atoms in total. The molecule has 0 unspecified atom stereocenters. The summed E-state index contributed by atoms with van der Waals surface area (Å²) in [5.74, 6) is -0.271. The molecule has 0 aromatic rings. The Hall–Kier alpha value is 0.0783. The SMILES string of the molecule is CCCCOCCOCCOC(C)=O.[Pt+2]. The van der Waals surface area contributed by atoms with Gasteiger partial charge in [0.25, 0.3) is 0 Å². The summed E-state index contributed by atoms with van der Waals surface area (Å²) in [5, 5.41) is 0. The zero-order valence-corrected chi connectivity index (χ0v) is 11.7. The van der Waals surface area contributed by atoms with Crippen molar-refractivity contribution in [3.05, 3.63) is 0 Å². The van der Waals surface area contributed by atoms with Gasteiger partial charge in [0.1, 0.15) is 6.61 Å². The number of ether oxygens (including phenoxy) is 3. The third-order valence-corrected chi connectivity index (χ3v) is 1.55. The van der Waals surface area contributed by atoms with E-state index in [9.17, 15) is 4.79 Å². The van der Waals surface area contributed by atoms with Crippen LogP contribution in [0.4, 0.5) is 0 Å². The van der Waals surface area contributed by atoms with Gasteiger partial charge in [-0.3, -0.25) is 4.79 Å². The van der Waals surface area contributed by atoms with E-state index in [-0.39, 0.29) is 27.0 Å². The van der Waals surface area contributed by atoms with Gasteiger partial charge >= 0.3 is 27.0 Å². The van der Waals surface area contributed by atoms with Crippen molar-refractivity contribution in [2.45, 2.75) is 26.7 Å². The monoisotopic (exact) mass is 399 g/mol. The summed E-state index contributed by atoms with van der Waals surface area (Å²) in [5.41, 5.74) is 0. The Bertz CT molecular complexity index is 141. The smallest absolute Gasteiger partial charge is 0.463 e. The van der Waals surface area contributed by atoms with Crippen molar-refractivity contribution in [3.8, 4) is 0 Å². The number of carbonyl (C=O) groups is 1. The molecular weight excluding hydrogens is 379 g/mol. The summed E-state index contributed by atoms with van der Waals surface area (Å²) in [7, 11) is 0. The normalized spacial score (nSPS) is 9.47. The van der Waals surface area contributed by atoms with E-state index >= 15 is 0 Å². The fraction of sp³-hybridized carbons (Fsp3) is 0.900. The Labute approximate surface area is 106 Å². The van der Waals surface area contributed by atoms with Crippen LogP contribution in [0.3, 0.4) is 0 Å². The van der Waals surface area contributed by atoms with Gasteiger partial charge in [-0.15, -0.1) is 0 Å². The van der Waals surface area contributed by atoms with Crippen molar-refractivity contribution < 1.29 is 40.1 Å². The summed E-state index contributed by atoms with van der Waals surface area (Å²) in [4.78, 5) is 10.3. The zero-order valence-electron chi connectivity index (χ0n) is 9.40. The van der Waals surface area contributed by atoms with Gasteiger partial charge in [-0.1, -0.05) is 13.3 Å². The van der Waals surface area contributed by atoms with E-state index in [0.29, 0.717) is 26.4 Å². The minimum absolute atomic E-state index is 0. The molecular formula is C10H20O4Pt+2. The van der Waals surface area contributed by atoms with Gasteiger partial charge in [0.15, 0.2) is 0 Å². The van der Waals surface area contributed by atoms with E-state index < -0.39 is 0 Å². The fourth-order valence-electron chi connectivity index (χ4n) is 0.813. The molecule has 0 spiro atoms. The molecule has 5 heteroatoms. The Kier molecular flexibility index (Phi) is 16.4. The van der Waals surface area contributed by atoms with Gasteiger partial charge in [0.05, 0.1) is 19.8 Å². The first-order valence-corrected chi connectivity index (χ1v) is 5.06. The molecule has 0 fully saturated rings. The summed E-state index contributed by atoms with van der Waals surface area (Å²) < 4.78 is 15.1. The number of hydrogen-bond donors (Lipinski definition) is 0. The minimum Gasteiger partial charge on any atom is -0.463 e. The average Bonchev–Trinajstić information content (AvgIpc) is 2.15. The van der Waals surface area contributed by atoms with Crippen LogP contribution in [0.25, 0.3) is 0 Å². The van der Waals surface area contributed by atoms with Crippen LogP contribution in [0, 0.1) is 0 Å². The van der Waals surface area contributed by atoms with Crippen molar-refractivity contribution in [2.24, 2.45) is 0 Å². The number of unbranched alkanes of at least 4 members (excludes halogenated alkanes) is 1. The molecule has 0 bridgehead atoms. The molecule has 0 aliphatic carbocycles. The largest absolute Gasteiger partial charge is 2.00 e. The van der Waals surface area contributed by atoms with Crippen molar-refractivity contribution in [2.75, 3.05) is 33.0 Å². The maximum Gasteiger partial charge on any atom is 2.00 e. The van der Waals surface area contributed by atoms with E-state index in [1.807, 2.05) is 0 Å². The number of hydrogen-bond acceptors (Lipinski definition) is 4. The number of carbonyl (C=O) groups excluding carboxylic acids is 1. The first kappa shape index (κ1) is 17.5. The van der Waals surface area contributed by atoms with Crippen molar-refractivity contribution in [1.29, 1.82) is 0 Å². The van der Waals surface area contributed by atoms with Gasteiger partial charge in [-0.25, -0.2) is 0 Å². The first-order chi connectivity index (χ1) is 6.77. The molecule has 0 atom stereocenters. The van der Waals surface area contributed by atoms with Crippen LogP contribution in [-0.2, 0) is 40.1 Å². The third kappa shape index (κ3) is 16.7. The fourth-order valence-corrected chi connectivity index (χ4v) is 0.813. The second-order valence-corrected chi connectivity index (χ2v) is 2.92. The average molecular weight is 399 g/mol. The predicted octanol–water partition coefficient (Wildman–Crippen LogP) is 1.38. The number of rotatable bonds is 9. The van der Waals surface area contributed by atoms with Gasteiger partial charge in [-0.05, 0) is 6.42 Å². The van der Waals surface area contributed by atoms with E-state index in [0.717, 1.165) is 19.4 Å². The molecule has 0 aromatic carbocycles. The van der Waals surface area contributed by atoms with Crippen LogP contribution in [-0.4, -0.2) is 39.0 Å². The van der Waals surface area contributed by atoms with Crippen LogP contribution < -0.4 is 0 Å². The first-order valence-electron chi connectivity index (χ1n) is 5.06. The Balaban J connectivity index is 0. The molecule has 0 rings (SSSR count). The maximum absolute atomic E-state index is 10.3. The number of esters is 1. The van der Waals surface area contributed by atoms with Gasteiger partial charge in [0.2, 0.25) is 0 Å². The molecule has 0 saturated heterocycles. The van der Waals surface area contributed by atoms with Crippen molar-refractivity contribution >= 4 is 5.97 Å². The molecule has 0 aromatic heterocycles.